The van der Waals surface area contributed by atoms with Gasteiger partial charge in [0.25, 0.3) is 5.91 Å². The molecule has 3 heteroatoms. The highest BCUT2D eigenvalue weighted by molar-refractivity contribution is 5.96. The molecule has 0 radical (unpaired) electrons. The molecule has 0 bridgehead atoms. The lowest BCUT2D eigenvalue weighted by molar-refractivity contribution is 0.0919. The quantitative estimate of drug-likeness (QED) is 0.897. The fourth-order valence-corrected chi connectivity index (χ4v) is 3.04. The summed E-state index contributed by atoms with van der Waals surface area (Å²) >= 11 is 0. The highest BCUT2D eigenvalue weighted by atomic mass is 16.1. The molecule has 2 atom stereocenters. The van der Waals surface area contributed by atoms with E-state index >= 15 is 0 Å². The summed E-state index contributed by atoms with van der Waals surface area (Å²) in [6.45, 7) is 10.7. The second-order valence-electron chi connectivity index (χ2n) is 7.16. The lowest BCUT2D eigenvalue weighted by Crippen LogP contribution is -2.45. The first-order chi connectivity index (χ1) is 9.89. The Hall–Kier alpha value is -1.35. The standard InChI is InChI=1S/C18H28N2O/c1-13(14-8-7-11-19-12-14)20-17(21)15-9-5-6-10-16(15)18(2,3)4/h5-6,9-10,13-14,19H,7-8,11-12H2,1-4H3,(H,20,21). The van der Waals surface area contributed by atoms with Crippen LogP contribution in [0.3, 0.4) is 0 Å². The minimum Gasteiger partial charge on any atom is -0.349 e. The van der Waals surface area contributed by atoms with E-state index in [1.54, 1.807) is 0 Å². The minimum atomic E-state index is -0.0242. The van der Waals surface area contributed by atoms with Crippen LogP contribution in [0.2, 0.25) is 0 Å². The predicted molar refractivity (Wildman–Crippen MR) is 87.7 cm³/mol. The van der Waals surface area contributed by atoms with Crippen LogP contribution in [0.4, 0.5) is 0 Å². The van der Waals surface area contributed by atoms with Crippen molar-refractivity contribution < 1.29 is 4.79 Å². The van der Waals surface area contributed by atoms with Crippen molar-refractivity contribution in [3.05, 3.63) is 35.4 Å². The molecule has 1 aliphatic rings. The lowest BCUT2D eigenvalue weighted by Gasteiger charge is -2.30. The Balaban J connectivity index is 2.10. The molecule has 0 aliphatic carbocycles. The molecule has 21 heavy (non-hydrogen) atoms. The third kappa shape index (κ3) is 4.07. The maximum absolute atomic E-state index is 12.6. The van der Waals surface area contributed by atoms with Crippen molar-refractivity contribution >= 4 is 5.91 Å². The van der Waals surface area contributed by atoms with Crippen LogP contribution in [0.15, 0.2) is 24.3 Å². The largest absolute Gasteiger partial charge is 0.349 e. The molecule has 1 aromatic carbocycles. The van der Waals surface area contributed by atoms with E-state index in [1.807, 2.05) is 18.2 Å². The molecule has 2 N–H and O–H groups in total. The van der Waals surface area contributed by atoms with Gasteiger partial charge in [-0.1, -0.05) is 39.0 Å². The van der Waals surface area contributed by atoms with Crippen molar-refractivity contribution in [2.75, 3.05) is 13.1 Å². The van der Waals surface area contributed by atoms with Crippen LogP contribution >= 0.6 is 0 Å². The molecule has 1 amide bonds. The van der Waals surface area contributed by atoms with E-state index in [0.717, 1.165) is 24.2 Å². The lowest BCUT2D eigenvalue weighted by atomic mass is 9.83. The first-order valence-corrected chi connectivity index (χ1v) is 8.00. The second kappa shape index (κ2) is 6.61. The van der Waals surface area contributed by atoms with Crippen LogP contribution in [0.5, 0.6) is 0 Å². The van der Waals surface area contributed by atoms with E-state index in [4.69, 9.17) is 0 Å². The summed E-state index contributed by atoms with van der Waals surface area (Å²) in [4.78, 5) is 12.6. The van der Waals surface area contributed by atoms with Crippen LogP contribution in [0, 0.1) is 5.92 Å². The van der Waals surface area contributed by atoms with Crippen LogP contribution in [0.1, 0.15) is 56.5 Å². The third-order valence-electron chi connectivity index (χ3n) is 4.38. The van der Waals surface area contributed by atoms with Gasteiger partial charge in [-0.2, -0.15) is 0 Å². The fraction of sp³-hybridized carbons (Fsp3) is 0.611. The Bertz CT molecular complexity index is 484. The van der Waals surface area contributed by atoms with Crippen molar-refractivity contribution in [3.63, 3.8) is 0 Å². The van der Waals surface area contributed by atoms with Crippen molar-refractivity contribution in [1.29, 1.82) is 0 Å². The fourth-order valence-electron chi connectivity index (χ4n) is 3.04. The summed E-state index contributed by atoms with van der Waals surface area (Å²) < 4.78 is 0. The summed E-state index contributed by atoms with van der Waals surface area (Å²) in [5.41, 5.74) is 1.89. The zero-order valence-electron chi connectivity index (χ0n) is 13.7. The van der Waals surface area contributed by atoms with Gasteiger partial charge in [-0.25, -0.2) is 0 Å². The molecule has 0 saturated carbocycles. The number of carbonyl (C=O) groups is 1. The molecule has 2 rings (SSSR count). The Morgan fingerprint density at radius 2 is 2.05 bits per heavy atom. The van der Waals surface area contributed by atoms with Gasteiger partial charge >= 0.3 is 0 Å². The molecule has 2 unspecified atom stereocenters. The van der Waals surface area contributed by atoms with Gasteiger partial charge in [-0.3, -0.25) is 4.79 Å². The molecule has 116 valence electrons. The van der Waals surface area contributed by atoms with Crippen molar-refractivity contribution in [1.82, 2.24) is 10.6 Å². The van der Waals surface area contributed by atoms with Gasteiger partial charge in [0.1, 0.15) is 0 Å². The Morgan fingerprint density at radius 1 is 1.33 bits per heavy atom. The van der Waals surface area contributed by atoms with Crippen LogP contribution in [-0.4, -0.2) is 25.0 Å². The van der Waals surface area contributed by atoms with Crippen molar-refractivity contribution in [3.8, 4) is 0 Å². The van der Waals surface area contributed by atoms with Gasteiger partial charge < -0.3 is 10.6 Å². The van der Waals surface area contributed by atoms with E-state index in [-0.39, 0.29) is 17.4 Å². The van der Waals surface area contributed by atoms with Gasteiger partial charge in [0.2, 0.25) is 0 Å². The second-order valence-corrected chi connectivity index (χ2v) is 7.16. The smallest absolute Gasteiger partial charge is 0.251 e. The number of nitrogens with one attached hydrogen (secondary N) is 2. The average Bonchev–Trinajstić information content (AvgIpc) is 2.47. The number of hydrogen-bond donors (Lipinski definition) is 2. The van der Waals surface area contributed by atoms with Gasteiger partial charge in [-0.15, -0.1) is 0 Å². The van der Waals surface area contributed by atoms with E-state index in [9.17, 15) is 4.79 Å². The van der Waals surface area contributed by atoms with Crippen LogP contribution in [-0.2, 0) is 5.41 Å². The molecule has 1 heterocycles. The molecular weight excluding hydrogens is 260 g/mol. The van der Waals surface area contributed by atoms with Crippen LogP contribution < -0.4 is 10.6 Å². The molecule has 1 aromatic rings. The monoisotopic (exact) mass is 288 g/mol. The summed E-state index contributed by atoms with van der Waals surface area (Å²) in [7, 11) is 0. The van der Waals surface area contributed by atoms with Gasteiger partial charge in [0.05, 0.1) is 0 Å². The number of rotatable bonds is 3. The Labute approximate surface area is 128 Å². The van der Waals surface area contributed by atoms with E-state index in [2.05, 4.69) is 44.4 Å². The highest BCUT2D eigenvalue weighted by Crippen LogP contribution is 2.26. The summed E-state index contributed by atoms with van der Waals surface area (Å²) in [5.74, 6) is 0.586. The van der Waals surface area contributed by atoms with E-state index < -0.39 is 0 Å². The molecule has 3 nitrogen and oxygen atoms in total. The Kier molecular flexibility index (Phi) is 5.04. The summed E-state index contributed by atoms with van der Waals surface area (Å²) in [5, 5.41) is 6.61. The molecule has 0 aromatic heterocycles. The summed E-state index contributed by atoms with van der Waals surface area (Å²) in [6, 6.07) is 8.14. The molecule has 1 saturated heterocycles. The maximum Gasteiger partial charge on any atom is 0.251 e. The molecule has 1 aliphatic heterocycles. The molecular formula is C18H28N2O. The average molecular weight is 288 g/mol. The topological polar surface area (TPSA) is 41.1 Å². The first kappa shape index (κ1) is 16.0. The normalized spacial score (nSPS) is 20.9. The predicted octanol–water partition coefficient (Wildman–Crippen LogP) is 3.10. The number of benzene rings is 1. The number of hydrogen-bond acceptors (Lipinski definition) is 2. The first-order valence-electron chi connectivity index (χ1n) is 8.00. The number of amides is 1. The SMILES string of the molecule is CC(NC(=O)c1ccccc1C(C)(C)C)C1CCCNC1. The summed E-state index contributed by atoms with van der Waals surface area (Å²) in [6.07, 6.45) is 2.39. The van der Waals surface area contributed by atoms with Crippen molar-refractivity contribution in [2.45, 2.75) is 52.0 Å². The van der Waals surface area contributed by atoms with Crippen molar-refractivity contribution in [2.24, 2.45) is 5.92 Å². The number of carbonyl (C=O) groups excluding carboxylic acids is 1. The molecule has 0 spiro atoms. The van der Waals surface area contributed by atoms with Gasteiger partial charge in [0.15, 0.2) is 0 Å². The van der Waals surface area contributed by atoms with E-state index in [1.165, 1.54) is 12.8 Å². The zero-order chi connectivity index (χ0) is 15.5. The zero-order valence-corrected chi connectivity index (χ0v) is 13.7. The van der Waals surface area contributed by atoms with Gasteiger partial charge in [-0.05, 0) is 55.8 Å². The minimum absolute atomic E-state index is 0.0242. The van der Waals surface area contributed by atoms with Crippen LogP contribution in [0.25, 0.3) is 0 Å². The highest BCUT2D eigenvalue weighted by Gasteiger charge is 2.25. The van der Waals surface area contributed by atoms with E-state index in [0.29, 0.717) is 5.92 Å². The van der Waals surface area contributed by atoms with Gasteiger partial charge in [0, 0.05) is 11.6 Å². The molecule has 1 fully saturated rings. The number of piperidine rings is 1. The maximum atomic E-state index is 12.6. The Morgan fingerprint density at radius 3 is 2.67 bits per heavy atom. The third-order valence-corrected chi connectivity index (χ3v) is 4.38.